The zero-order chi connectivity index (χ0) is 22.6. The summed E-state index contributed by atoms with van der Waals surface area (Å²) >= 11 is 12.9. The fourth-order valence-corrected chi connectivity index (χ4v) is 8.19. The van der Waals surface area contributed by atoms with Crippen LogP contribution in [0.15, 0.2) is 36.4 Å². The lowest BCUT2D eigenvalue weighted by Gasteiger charge is -2.65. The van der Waals surface area contributed by atoms with Crippen LogP contribution in [0.1, 0.15) is 63.5 Å². The molecule has 2 aromatic rings. The molecule has 4 aliphatic rings. The van der Waals surface area contributed by atoms with Gasteiger partial charge in [-0.2, -0.15) is 0 Å². The summed E-state index contributed by atoms with van der Waals surface area (Å²) < 4.78 is 11.7. The van der Waals surface area contributed by atoms with Gasteiger partial charge >= 0.3 is 0 Å². The summed E-state index contributed by atoms with van der Waals surface area (Å²) in [4.78, 5) is 0. The molecule has 0 saturated heterocycles. The Morgan fingerprint density at radius 1 is 0.969 bits per heavy atom. The van der Waals surface area contributed by atoms with Crippen LogP contribution in [-0.4, -0.2) is 12.6 Å². The molecule has 0 spiro atoms. The van der Waals surface area contributed by atoms with Crippen molar-refractivity contribution in [2.45, 2.75) is 71.1 Å². The molecule has 0 heterocycles. The fourth-order valence-electron chi connectivity index (χ4n) is 7.72. The lowest BCUT2D eigenvalue weighted by molar-refractivity contribution is -0.118. The molecule has 5 heteroatoms. The summed E-state index contributed by atoms with van der Waals surface area (Å²) in [5, 5.41) is 5.23. The monoisotopic (exact) mass is 473 g/mol. The van der Waals surface area contributed by atoms with Crippen molar-refractivity contribution in [3.05, 3.63) is 57.6 Å². The average molecular weight is 474 g/mol. The highest BCUT2D eigenvalue weighted by Gasteiger charge is 2.59. The van der Waals surface area contributed by atoms with Gasteiger partial charge in [0.15, 0.2) is 11.5 Å². The Morgan fingerprint density at radius 3 is 2.34 bits per heavy atom. The predicted molar refractivity (Wildman–Crippen MR) is 131 cm³/mol. The Bertz CT molecular complexity index is 1000. The van der Waals surface area contributed by atoms with Crippen molar-refractivity contribution in [3.8, 4) is 11.5 Å². The molecule has 3 nitrogen and oxygen atoms in total. The van der Waals surface area contributed by atoms with Gasteiger partial charge in [-0.05, 0) is 79.0 Å². The van der Waals surface area contributed by atoms with Crippen molar-refractivity contribution in [2.75, 3.05) is 7.11 Å². The molecule has 1 N–H and O–H groups in total. The summed E-state index contributed by atoms with van der Waals surface area (Å²) in [6.07, 6.45) is 8.08. The number of rotatable bonds is 7. The van der Waals surface area contributed by atoms with Gasteiger partial charge in [-0.3, -0.25) is 0 Å². The van der Waals surface area contributed by atoms with Crippen LogP contribution < -0.4 is 14.8 Å². The third kappa shape index (κ3) is 4.24. The summed E-state index contributed by atoms with van der Waals surface area (Å²) in [5.74, 6) is 2.09. The van der Waals surface area contributed by atoms with E-state index in [0.29, 0.717) is 39.0 Å². The summed E-state index contributed by atoms with van der Waals surface area (Å²) in [6, 6.07) is 11.7. The van der Waals surface area contributed by atoms with Crippen LogP contribution in [0.3, 0.4) is 0 Å². The number of halogens is 2. The van der Waals surface area contributed by atoms with E-state index in [-0.39, 0.29) is 5.54 Å². The smallest absolute Gasteiger partial charge is 0.180 e. The van der Waals surface area contributed by atoms with Crippen LogP contribution in [0.2, 0.25) is 10.0 Å². The molecule has 4 aliphatic carbocycles. The Balaban J connectivity index is 1.31. The first-order valence-corrected chi connectivity index (χ1v) is 12.4. The lowest BCUT2D eigenvalue weighted by atomic mass is 9.43. The van der Waals surface area contributed by atoms with E-state index in [9.17, 15) is 0 Å². The van der Waals surface area contributed by atoms with Crippen LogP contribution >= 0.6 is 23.2 Å². The summed E-state index contributed by atoms with van der Waals surface area (Å²) in [5.41, 5.74) is 3.28. The number of ether oxygens (including phenoxy) is 2. The van der Waals surface area contributed by atoms with E-state index in [1.54, 1.807) is 7.11 Å². The van der Waals surface area contributed by atoms with Gasteiger partial charge in [0, 0.05) is 22.7 Å². The number of nitrogens with one attached hydrogen (secondary N) is 1. The molecule has 0 aromatic heterocycles. The fraction of sp³-hybridized carbons (Fsp3) is 0.556. The Kier molecular flexibility index (Phi) is 5.67. The molecule has 0 radical (unpaired) electrons. The first-order valence-electron chi connectivity index (χ1n) is 11.7. The molecule has 6 rings (SSSR count). The Labute approximate surface area is 201 Å². The lowest BCUT2D eigenvalue weighted by Crippen LogP contribution is -2.63. The molecule has 2 unspecified atom stereocenters. The average Bonchev–Trinajstić information content (AvgIpc) is 2.69. The molecule has 4 bridgehead atoms. The van der Waals surface area contributed by atoms with E-state index < -0.39 is 0 Å². The standard InChI is InChI=1S/C27H33Cl2NO2/c1-25-10-19-11-26(2,15-25)17-27(12-19,16-25)30-13-18-8-22(29)24(23(9-18)31-3)32-14-20-6-4-5-7-21(20)28/h4-9,19,30H,10-17H2,1-3H3/t19?,25-,26+,27?. The molecule has 0 amide bonds. The van der Waals surface area contributed by atoms with Crippen LogP contribution in [0.25, 0.3) is 0 Å². The first-order chi connectivity index (χ1) is 15.2. The summed E-state index contributed by atoms with van der Waals surface area (Å²) in [7, 11) is 1.66. The maximum atomic E-state index is 6.65. The highest BCUT2D eigenvalue weighted by Crippen LogP contribution is 2.66. The Hall–Kier alpha value is -1.42. The van der Waals surface area contributed by atoms with Crippen LogP contribution in [0.4, 0.5) is 0 Å². The minimum absolute atomic E-state index is 0.252. The highest BCUT2D eigenvalue weighted by atomic mass is 35.5. The number of hydrogen-bond donors (Lipinski definition) is 1. The van der Waals surface area contributed by atoms with E-state index in [1.165, 1.54) is 38.5 Å². The number of benzene rings is 2. The minimum Gasteiger partial charge on any atom is -0.493 e. The zero-order valence-corrected chi connectivity index (χ0v) is 20.8. The van der Waals surface area contributed by atoms with E-state index in [0.717, 1.165) is 23.6 Å². The second kappa shape index (κ2) is 8.11. The normalized spacial score (nSPS) is 32.8. The van der Waals surface area contributed by atoms with Gasteiger partial charge in [0.25, 0.3) is 0 Å². The predicted octanol–water partition coefficient (Wildman–Crippen LogP) is 7.42. The van der Waals surface area contributed by atoms with Crippen LogP contribution in [-0.2, 0) is 13.2 Å². The van der Waals surface area contributed by atoms with Crippen LogP contribution in [0, 0.1) is 16.7 Å². The molecule has 0 aliphatic heterocycles. The minimum atomic E-state index is 0.252. The van der Waals surface area contributed by atoms with E-state index >= 15 is 0 Å². The second-order valence-electron chi connectivity index (χ2n) is 11.3. The SMILES string of the molecule is COc1cc(CNC23CC4C[C@@](C)(C2)C[C@](C)(C4)C3)cc(Cl)c1OCc1ccccc1Cl. The number of hydrogen-bond acceptors (Lipinski definition) is 3. The molecule has 4 saturated carbocycles. The van der Waals surface area contributed by atoms with Gasteiger partial charge in [0.1, 0.15) is 6.61 Å². The Morgan fingerprint density at radius 2 is 1.69 bits per heavy atom. The third-order valence-corrected chi connectivity index (χ3v) is 8.56. The molecule has 4 fully saturated rings. The quantitative estimate of drug-likeness (QED) is 0.453. The largest absolute Gasteiger partial charge is 0.493 e. The van der Waals surface area contributed by atoms with Gasteiger partial charge in [-0.25, -0.2) is 0 Å². The van der Waals surface area contributed by atoms with Crippen molar-refractivity contribution in [1.82, 2.24) is 5.32 Å². The van der Waals surface area contributed by atoms with Crippen molar-refractivity contribution in [1.29, 1.82) is 0 Å². The topological polar surface area (TPSA) is 30.5 Å². The van der Waals surface area contributed by atoms with Crippen LogP contribution in [0.5, 0.6) is 11.5 Å². The van der Waals surface area contributed by atoms with Crippen molar-refractivity contribution < 1.29 is 9.47 Å². The molecular weight excluding hydrogens is 441 g/mol. The van der Waals surface area contributed by atoms with Gasteiger partial charge in [-0.1, -0.05) is 55.2 Å². The third-order valence-electron chi connectivity index (χ3n) is 7.91. The molecule has 4 atom stereocenters. The van der Waals surface area contributed by atoms with E-state index in [2.05, 4.69) is 19.2 Å². The van der Waals surface area contributed by atoms with Crippen molar-refractivity contribution >= 4 is 23.2 Å². The van der Waals surface area contributed by atoms with Crippen molar-refractivity contribution in [2.24, 2.45) is 16.7 Å². The summed E-state index contributed by atoms with van der Waals surface area (Å²) in [6.45, 7) is 6.16. The highest BCUT2D eigenvalue weighted by molar-refractivity contribution is 6.32. The maximum absolute atomic E-state index is 6.65. The maximum Gasteiger partial charge on any atom is 0.180 e. The second-order valence-corrected chi connectivity index (χ2v) is 12.1. The van der Waals surface area contributed by atoms with Gasteiger partial charge in [0.2, 0.25) is 0 Å². The molecule has 32 heavy (non-hydrogen) atoms. The van der Waals surface area contributed by atoms with Gasteiger partial charge in [0.05, 0.1) is 12.1 Å². The number of methoxy groups -OCH3 is 1. The van der Waals surface area contributed by atoms with Gasteiger partial charge < -0.3 is 14.8 Å². The van der Waals surface area contributed by atoms with Crippen molar-refractivity contribution in [3.63, 3.8) is 0 Å². The zero-order valence-electron chi connectivity index (χ0n) is 19.3. The molecular formula is C27H33Cl2NO2. The molecule has 172 valence electrons. The van der Waals surface area contributed by atoms with E-state index in [1.807, 2.05) is 36.4 Å². The van der Waals surface area contributed by atoms with Gasteiger partial charge in [-0.15, -0.1) is 0 Å². The van der Waals surface area contributed by atoms with E-state index in [4.69, 9.17) is 32.7 Å². The first kappa shape index (κ1) is 22.4. The molecule has 2 aromatic carbocycles.